The first-order chi connectivity index (χ1) is 12.5. The number of halogens is 2. The maximum absolute atomic E-state index is 13.9. The minimum absolute atomic E-state index is 0.0869. The summed E-state index contributed by atoms with van der Waals surface area (Å²) in [7, 11) is 1.16. The molecule has 0 bridgehead atoms. The van der Waals surface area contributed by atoms with E-state index in [1.165, 1.54) is 0 Å². The van der Waals surface area contributed by atoms with Crippen molar-refractivity contribution in [1.29, 1.82) is 0 Å². The number of amides is 1. The Morgan fingerprint density at radius 2 is 2.04 bits per heavy atom. The number of carbonyl (C=O) groups is 1. The van der Waals surface area contributed by atoms with Crippen molar-refractivity contribution in [2.45, 2.75) is 31.4 Å². The molecule has 1 saturated carbocycles. The van der Waals surface area contributed by atoms with Gasteiger partial charge in [-0.15, -0.1) is 0 Å². The molecular weight excluding hydrogens is 342 g/mol. The number of pyridine rings is 1. The fourth-order valence-electron chi connectivity index (χ4n) is 3.18. The standard InChI is InChI=1S/C19H20F2N2O3/c1-26-18-15(20)8-12(9-16(18)21)19(25)23-17(11-6-14(24)7-11)10-13-4-2-3-5-22-13/h2-5,8-9,11,14,17,24H,6-7,10H2,1H3,(H,23,25)/t11?,14?,17-/m1/s1. The fraction of sp³-hybridized carbons (Fsp3) is 0.368. The average molecular weight is 362 g/mol. The Morgan fingerprint density at radius 3 is 2.58 bits per heavy atom. The number of carbonyl (C=O) groups excluding carboxylic acids is 1. The summed E-state index contributed by atoms with van der Waals surface area (Å²) < 4.78 is 32.3. The highest BCUT2D eigenvalue weighted by molar-refractivity contribution is 5.94. The van der Waals surface area contributed by atoms with E-state index in [1.54, 1.807) is 12.3 Å². The topological polar surface area (TPSA) is 71.5 Å². The molecule has 0 aliphatic heterocycles. The zero-order valence-corrected chi connectivity index (χ0v) is 14.3. The van der Waals surface area contributed by atoms with Gasteiger partial charge in [0, 0.05) is 29.9 Å². The van der Waals surface area contributed by atoms with Gasteiger partial charge in [0.2, 0.25) is 0 Å². The van der Waals surface area contributed by atoms with Crippen molar-refractivity contribution >= 4 is 5.91 Å². The van der Waals surface area contributed by atoms with Gasteiger partial charge in [-0.3, -0.25) is 9.78 Å². The largest absolute Gasteiger partial charge is 0.491 e. The zero-order chi connectivity index (χ0) is 18.7. The monoisotopic (exact) mass is 362 g/mol. The van der Waals surface area contributed by atoms with E-state index in [-0.39, 0.29) is 23.6 Å². The van der Waals surface area contributed by atoms with Gasteiger partial charge in [0.05, 0.1) is 13.2 Å². The molecule has 138 valence electrons. The third-order valence-corrected chi connectivity index (χ3v) is 4.65. The molecule has 0 spiro atoms. The van der Waals surface area contributed by atoms with Gasteiger partial charge in [-0.1, -0.05) is 6.07 Å². The van der Waals surface area contributed by atoms with Gasteiger partial charge in [0.15, 0.2) is 17.4 Å². The van der Waals surface area contributed by atoms with E-state index in [2.05, 4.69) is 15.0 Å². The van der Waals surface area contributed by atoms with Crippen LogP contribution in [0.2, 0.25) is 0 Å². The van der Waals surface area contributed by atoms with Crippen LogP contribution in [-0.2, 0) is 6.42 Å². The molecule has 0 saturated heterocycles. The first-order valence-corrected chi connectivity index (χ1v) is 8.39. The molecular formula is C19H20F2N2O3. The minimum atomic E-state index is -0.932. The van der Waals surface area contributed by atoms with Gasteiger partial charge < -0.3 is 15.2 Å². The zero-order valence-electron chi connectivity index (χ0n) is 14.3. The molecule has 1 aliphatic rings. The van der Waals surface area contributed by atoms with Crippen molar-refractivity contribution in [3.63, 3.8) is 0 Å². The van der Waals surface area contributed by atoms with Gasteiger partial charge in [-0.2, -0.15) is 0 Å². The maximum Gasteiger partial charge on any atom is 0.251 e. The van der Waals surface area contributed by atoms with Crippen molar-refractivity contribution < 1.29 is 23.4 Å². The number of aliphatic hydroxyl groups is 1. The molecule has 1 aliphatic carbocycles. The van der Waals surface area contributed by atoms with Crippen molar-refractivity contribution in [1.82, 2.24) is 10.3 Å². The lowest BCUT2D eigenvalue weighted by atomic mass is 9.76. The molecule has 1 heterocycles. The molecule has 0 unspecified atom stereocenters. The Hall–Kier alpha value is -2.54. The lowest BCUT2D eigenvalue weighted by molar-refractivity contribution is 0.0237. The van der Waals surface area contributed by atoms with Crippen LogP contribution in [0.1, 0.15) is 28.9 Å². The predicted octanol–water partition coefficient (Wildman–Crippen LogP) is 2.48. The van der Waals surface area contributed by atoms with Crippen LogP contribution in [0.3, 0.4) is 0 Å². The van der Waals surface area contributed by atoms with Crippen LogP contribution in [0.15, 0.2) is 36.5 Å². The Labute approximate surface area is 150 Å². The number of rotatable bonds is 6. The van der Waals surface area contributed by atoms with Crippen LogP contribution < -0.4 is 10.1 Å². The number of hydrogen-bond donors (Lipinski definition) is 2. The summed E-state index contributed by atoms with van der Waals surface area (Å²) >= 11 is 0. The molecule has 0 radical (unpaired) electrons. The van der Waals surface area contributed by atoms with Gasteiger partial charge in [0.1, 0.15) is 0 Å². The first kappa shape index (κ1) is 18.3. The van der Waals surface area contributed by atoms with E-state index in [0.29, 0.717) is 19.3 Å². The Kier molecular flexibility index (Phi) is 5.46. The lowest BCUT2D eigenvalue weighted by Gasteiger charge is -2.38. The van der Waals surface area contributed by atoms with Gasteiger partial charge in [-0.25, -0.2) is 8.78 Å². The fourth-order valence-corrected chi connectivity index (χ4v) is 3.18. The number of hydrogen-bond acceptors (Lipinski definition) is 4. The van der Waals surface area contributed by atoms with E-state index >= 15 is 0 Å². The van der Waals surface area contributed by atoms with Crippen LogP contribution in [0, 0.1) is 17.6 Å². The second-order valence-electron chi connectivity index (χ2n) is 6.46. The molecule has 1 fully saturated rings. The Bertz CT molecular complexity index is 757. The summed E-state index contributed by atoms with van der Waals surface area (Å²) in [5.41, 5.74) is 0.679. The summed E-state index contributed by atoms with van der Waals surface area (Å²) in [6.45, 7) is 0. The highest BCUT2D eigenvalue weighted by Gasteiger charge is 2.35. The number of aliphatic hydroxyl groups excluding tert-OH is 1. The molecule has 26 heavy (non-hydrogen) atoms. The molecule has 1 aromatic heterocycles. The smallest absolute Gasteiger partial charge is 0.251 e. The van der Waals surface area contributed by atoms with Crippen LogP contribution in [-0.4, -0.2) is 35.3 Å². The quantitative estimate of drug-likeness (QED) is 0.828. The second kappa shape index (κ2) is 7.78. The normalized spacial score (nSPS) is 20.2. The molecule has 2 N–H and O–H groups in total. The van der Waals surface area contributed by atoms with E-state index < -0.39 is 23.3 Å². The van der Waals surface area contributed by atoms with Gasteiger partial charge >= 0.3 is 0 Å². The summed E-state index contributed by atoms with van der Waals surface area (Å²) in [4.78, 5) is 16.8. The van der Waals surface area contributed by atoms with Crippen LogP contribution in [0.25, 0.3) is 0 Å². The molecule has 5 nitrogen and oxygen atoms in total. The molecule has 1 atom stereocenters. The third kappa shape index (κ3) is 3.99. The number of nitrogens with zero attached hydrogens (tertiary/aromatic N) is 1. The van der Waals surface area contributed by atoms with Crippen molar-refractivity contribution in [2.24, 2.45) is 5.92 Å². The van der Waals surface area contributed by atoms with Crippen molar-refractivity contribution in [3.8, 4) is 5.75 Å². The Morgan fingerprint density at radius 1 is 1.35 bits per heavy atom. The van der Waals surface area contributed by atoms with Crippen molar-refractivity contribution in [2.75, 3.05) is 7.11 Å². The molecule has 7 heteroatoms. The predicted molar refractivity (Wildman–Crippen MR) is 90.8 cm³/mol. The number of aromatic nitrogens is 1. The SMILES string of the molecule is COc1c(F)cc(C(=O)N[C@H](Cc2ccccn2)C2CC(O)C2)cc1F. The second-order valence-corrected chi connectivity index (χ2v) is 6.46. The van der Waals surface area contributed by atoms with E-state index in [1.807, 2.05) is 12.1 Å². The van der Waals surface area contributed by atoms with E-state index in [0.717, 1.165) is 24.9 Å². The lowest BCUT2D eigenvalue weighted by Crippen LogP contribution is -2.48. The summed E-state index contributed by atoms with van der Waals surface area (Å²) in [6, 6.07) is 7.11. The number of ether oxygens (including phenoxy) is 1. The maximum atomic E-state index is 13.9. The van der Waals surface area contributed by atoms with E-state index in [4.69, 9.17) is 0 Å². The van der Waals surface area contributed by atoms with Crippen LogP contribution in [0.4, 0.5) is 8.78 Å². The summed E-state index contributed by atoms with van der Waals surface area (Å²) in [5.74, 6) is -2.87. The van der Waals surface area contributed by atoms with Crippen LogP contribution in [0.5, 0.6) is 5.75 Å². The number of nitrogens with one attached hydrogen (secondary N) is 1. The molecule has 1 amide bonds. The highest BCUT2D eigenvalue weighted by Crippen LogP contribution is 2.32. The Balaban J connectivity index is 1.77. The van der Waals surface area contributed by atoms with Gasteiger partial charge in [-0.05, 0) is 43.0 Å². The molecule has 1 aromatic carbocycles. The first-order valence-electron chi connectivity index (χ1n) is 8.39. The molecule has 3 rings (SSSR count). The average Bonchev–Trinajstić information content (AvgIpc) is 2.59. The molecule has 2 aromatic rings. The number of methoxy groups -OCH3 is 1. The van der Waals surface area contributed by atoms with Gasteiger partial charge in [0.25, 0.3) is 5.91 Å². The third-order valence-electron chi connectivity index (χ3n) is 4.65. The minimum Gasteiger partial charge on any atom is -0.491 e. The van der Waals surface area contributed by atoms with Crippen molar-refractivity contribution in [3.05, 3.63) is 59.4 Å². The van der Waals surface area contributed by atoms with E-state index in [9.17, 15) is 18.7 Å². The highest BCUT2D eigenvalue weighted by atomic mass is 19.1. The summed E-state index contributed by atoms with van der Waals surface area (Å²) in [5, 5.41) is 12.4. The van der Waals surface area contributed by atoms with Crippen LogP contribution >= 0.6 is 0 Å². The summed E-state index contributed by atoms with van der Waals surface area (Å²) in [6.07, 6.45) is 2.91. The number of benzene rings is 1.